The summed E-state index contributed by atoms with van der Waals surface area (Å²) in [5.41, 5.74) is 6.55. The highest BCUT2D eigenvalue weighted by molar-refractivity contribution is 5.98. The molecular formula is C21H21N3O. The lowest BCUT2D eigenvalue weighted by Gasteiger charge is -2.06. The van der Waals surface area contributed by atoms with Gasteiger partial charge in [0.2, 0.25) is 0 Å². The van der Waals surface area contributed by atoms with Gasteiger partial charge in [0.05, 0.1) is 0 Å². The topological polar surface area (TPSA) is 60.7 Å². The Morgan fingerprint density at radius 1 is 1.12 bits per heavy atom. The second-order valence-corrected chi connectivity index (χ2v) is 6.51. The molecule has 0 radical (unpaired) electrons. The van der Waals surface area contributed by atoms with Gasteiger partial charge in [-0.2, -0.15) is 0 Å². The summed E-state index contributed by atoms with van der Waals surface area (Å²) in [6.07, 6.45) is 2.69. The summed E-state index contributed by atoms with van der Waals surface area (Å²) < 4.78 is 0. The van der Waals surface area contributed by atoms with Crippen LogP contribution in [0.3, 0.4) is 0 Å². The van der Waals surface area contributed by atoms with Crippen LogP contribution in [0.2, 0.25) is 0 Å². The van der Waals surface area contributed by atoms with Crippen LogP contribution in [-0.2, 0) is 6.42 Å². The first kappa shape index (κ1) is 15.5. The number of rotatable bonds is 4. The number of nitrogens with one attached hydrogen (secondary N) is 3. The lowest BCUT2D eigenvalue weighted by Crippen LogP contribution is -2.25. The standard InChI is InChI=1S/C21H21N3O/c1-13-4-3-5-18-17(14(2)24-20(13)18)9-11-23-21(25)16-7-6-15-8-10-22-19(15)12-16/h3-8,10,12,22,24H,9,11H2,1-2H3,(H,23,25). The van der Waals surface area contributed by atoms with Crippen molar-refractivity contribution in [3.63, 3.8) is 0 Å². The summed E-state index contributed by atoms with van der Waals surface area (Å²) in [6, 6.07) is 14.1. The number of fused-ring (bicyclic) bond motifs is 2. The third-order valence-electron chi connectivity index (χ3n) is 4.84. The van der Waals surface area contributed by atoms with E-state index in [2.05, 4.69) is 47.3 Å². The van der Waals surface area contributed by atoms with Crippen molar-refractivity contribution in [2.45, 2.75) is 20.3 Å². The van der Waals surface area contributed by atoms with E-state index in [9.17, 15) is 4.79 Å². The lowest BCUT2D eigenvalue weighted by atomic mass is 10.1. The fraction of sp³-hybridized carbons (Fsp3) is 0.190. The summed E-state index contributed by atoms with van der Waals surface area (Å²) in [5, 5.41) is 5.40. The molecule has 0 unspecified atom stereocenters. The molecule has 0 atom stereocenters. The Hall–Kier alpha value is -3.01. The molecule has 0 bridgehead atoms. The Morgan fingerprint density at radius 2 is 2.00 bits per heavy atom. The molecule has 126 valence electrons. The van der Waals surface area contributed by atoms with Crippen molar-refractivity contribution in [1.82, 2.24) is 15.3 Å². The third-order valence-corrected chi connectivity index (χ3v) is 4.84. The van der Waals surface area contributed by atoms with Crippen LogP contribution in [0.4, 0.5) is 0 Å². The lowest BCUT2D eigenvalue weighted by molar-refractivity contribution is 0.0954. The number of H-pyrrole nitrogens is 2. The molecule has 2 aromatic carbocycles. The molecule has 4 aromatic rings. The summed E-state index contributed by atoms with van der Waals surface area (Å²) in [4.78, 5) is 19.0. The van der Waals surface area contributed by atoms with Crippen molar-refractivity contribution in [3.05, 3.63) is 71.0 Å². The van der Waals surface area contributed by atoms with E-state index in [1.54, 1.807) is 0 Å². The Bertz CT molecular complexity index is 1070. The van der Waals surface area contributed by atoms with Crippen LogP contribution in [0.5, 0.6) is 0 Å². The number of hydrogen-bond acceptors (Lipinski definition) is 1. The largest absolute Gasteiger partial charge is 0.361 e. The van der Waals surface area contributed by atoms with Crippen LogP contribution in [0, 0.1) is 13.8 Å². The highest BCUT2D eigenvalue weighted by atomic mass is 16.1. The van der Waals surface area contributed by atoms with E-state index in [1.165, 1.54) is 27.7 Å². The quantitative estimate of drug-likeness (QED) is 0.515. The van der Waals surface area contributed by atoms with Crippen molar-refractivity contribution in [2.75, 3.05) is 6.54 Å². The van der Waals surface area contributed by atoms with E-state index in [1.807, 2.05) is 30.5 Å². The SMILES string of the molecule is Cc1[nH]c2c(C)cccc2c1CCNC(=O)c1ccc2cc[nH]c2c1. The molecular weight excluding hydrogens is 310 g/mol. The number of aromatic amines is 2. The monoisotopic (exact) mass is 331 g/mol. The second kappa shape index (κ2) is 6.13. The van der Waals surface area contributed by atoms with Gasteiger partial charge in [0.15, 0.2) is 0 Å². The Balaban J connectivity index is 1.48. The molecule has 4 rings (SSSR count). The van der Waals surface area contributed by atoms with Crippen LogP contribution in [0.1, 0.15) is 27.2 Å². The van der Waals surface area contributed by atoms with Gasteiger partial charge < -0.3 is 15.3 Å². The molecule has 0 aliphatic heterocycles. The zero-order chi connectivity index (χ0) is 17.4. The van der Waals surface area contributed by atoms with Gasteiger partial charge in [0, 0.05) is 40.4 Å². The van der Waals surface area contributed by atoms with E-state index in [4.69, 9.17) is 0 Å². The smallest absolute Gasteiger partial charge is 0.251 e. The Labute approximate surface area is 146 Å². The van der Waals surface area contributed by atoms with E-state index in [-0.39, 0.29) is 5.91 Å². The summed E-state index contributed by atoms with van der Waals surface area (Å²) in [5.74, 6) is -0.0369. The first-order valence-corrected chi connectivity index (χ1v) is 8.55. The second-order valence-electron chi connectivity index (χ2n) is 6.51. The minimum absolute atomic E-state index is 0.0369. The predicted octanol–water partition coefficient (Wildman–Crippen LogP) is 4.24. The van der Waals surface area contributed by atoms with Gasteiger partial charge in [0.1, 0.15) is 0 Å². The molecule has 0 spiro atoms. The van der Waals surface area contributed by atoms with E-state index < -0.39 is 0 Å². The zero-order valence-electron chi connectivity index (χ0n) is 14.4. The van der Waals surface area contributed by atoms with Crippen LogP contribution in [-0.4, -0.2) is 22.4 Å². The van der Waals surface area contributed by atoms with Crippen molar-refractivity contribution < 1.29 is 4.79 Å². The predicted molar refractivity (Wildman–Crippen MR) is 102 cm³/mol. The maximum atomic E-state index is 12.4. The van der Waals surface area contributed by atoms with Gasteiger partial charge in [-0.3, -0.25) is 4.79 Å². The molecule has 4 heteroatoms. The Morgan fingerprint density at radius 3 is 2.88 bits per heavy atom. The molecule has 25 heavy (non-hydrogen) atoms. The first-order valence-electron chi connectivity index (χ1n) is 8.55. The summed E-state index contributed by atoms with van der Waals surface area (Å²) in [6.45, 7) is 4.82. The van der Waals surface area contributed by atoms with Gasteiger partial charge in [-0.05, 0) is 55.0 Å². The number of aryl methyl sites for hydroxylation is 2. The van der Waals surface area contributed by atoms with Gasteiger partial charge in [0.25, 0.3) is 5.91 Å². The van der Waals surface area contributed by atoms with Gasteiger partial charge >= 0.3 is 0 Å². The number of para-hydroxylation sites is 1. The minimum atomic E-state index is -0.0369. The third kappa shape index (κ3) is 2.80. The van der Waals surface area contributed by atoms with E-state index in [0.29, 0.717) is 12.1 Å². The first-order chi connectivity index (χ1) is 12.1. The maximum absolute atomic E-state index is 12.4. The molecule has 3 N–H and O–H groups in total. The fourth-order valence-corrected chi connectivity index (χ4v) is 3.46. The summed E-state index contributed by atoms with van der Waals surface area (Å²) in [7, 11) is 0. The van der Waals surface area contributed by atoms with Crippen molar-refractivity contribution in [1.29, 1.82) is 0 Å². The van der Waals surface area contributed by atoms with Crippen LogP contribution in [0.15, 0.2) is 48.7 Å². The highest BCUT2D eigenvalue weighted by Crippen LogP contribution is 2.24. The van der Waals surface area contributed by atoms with Gasteiger partial charge in [-0.15, -0.1) is 0 Å². The molecule has 0 aliphatic rings. The van der Waals surface area contributed by atoms with Crippen molar-refractivity contribution in [2.24, 2.45) is 0 Å². The highest BCUT2D eigenvalue weighted by Gasteiger charge is 2.11. The summed E-state index contributed by atoms with van der Waals surface area (Å²) >= 11 is 0. The van der Waals surface area contributed by atoms with E-state index in [0.717, 1.165) is 17.3 Å². The number of hydrogen-bond donors (Lipinski definition) is 3. The Kier molecular flexibility index (Phi) is 3.80. The molecule has 2 aromatic heterocycles. The minimum Gasteiger partial charge on any atom is -0.361 e. The number of carbonyl (C=O) groups is 1. The molecule has 1 amide bonds. The molecule has 2 heterocycles. The average Bonchev–Trinajstić information content (AvgIpc) is 3.20. The molecule has 0 saturated heterocycles. The van der Waals surface area contributed by atoms with Crippen LogP contribution < -0.4 is 5.32 Å². The molecule has 0 aliphatic carbocycles. The van der Waals surface area contributed by atoms with Crippen LogP contribution in [0.25, 0.3) is 21.8 Å². The maximum Gasteiger partial charge on any atom is 0.251 e. The number of aromatic nitrogens is 2. The normalized spacial score (nSPS) is 11.3. The van der Waals surface area contributed by atoms with Crippen LogP contribution >= 0.6 is 0 Å². The van der Waals surface area contributed by atoms with Gasteiger partial charge in [-0.25, -0.2) is 0 Å². The van der Waals surface area contributed by atoms with E-state index >= 15 is 0 Å². The molecule has 4 nitrogen and oxygen atoms in total. The fourth-order valence-electron chi connectivity index (χ4n) is 3.46. The van der Waals surface area contributed by atoms with Gasteiger partial charge in [-0.1, -0.05) is 24.3 Å². The number of carbonyl (C=O) groups excluding carboxylic acids is 1. The average molecular weight is 331 g/mol. The number of amides is 1. The van der Waals surface area contributed by atoms with Crippen molar-refractivity contribution >= 4 is 27.7 Å². The number of benzene rings is 2. The van der Waals surface area contributed by atoms with Crippen molar-refractivity contribution in [3.8, 4) is 0 Å². The molecule has 0 fully saturated rings. The molecule has 0 saturated carbocycles. The zero-order valence-corrected chi connectivity index (χ0v) is 14.4.